The van der Waals surface area contributed by atoms with Crippen LogP contribution in [0.4, 0.5) is 0 Å². The van der Waals surface area contributed by atoms with E-state index in [4.69, 9.17) is 14.2 Å². The molecule has 1 fully saturated rings. The SMILES string of the molecule is COc1cc(C(=O)NCC(=O)N2CCN(Cc3ccccc3)CC2)cc(OC)c1OC. The fourth-order valence-electron chi connectivity index (χ4n) is 3.58. The van der Waals surface area contributed by atoms with Crippen LogP contribution in [0.1, 0.15) is 15.9 Å². The number of benzene rings is 2. The molecule has 1 saturated heterocycles. The Morgan fingerprint density at radius 2 is 1.52 bits per heavy atom. The van der Waals surface area contributed by atoms with Crippen molar-refractivity contribution in [3.05, 3.63) is 53.6 Å². The minimum absolute atomic E-state index is 0.0613. The van der Waals surface area contributed by atoms with E-state index in [1.165, 1.54) is 26.9 Å². The largest absolute Gasteiger partial charge is 0.493 e. The molecule has 1 aliphatic rings. The first-order valence-corrected chi connectivity index (χ1v) is 10.2. The highest BCUT2D eigenvalue weighted by atomic mass is 16.5. The third-order valence-electron chi connectivity index (χ3n) is 5.30. The van der Waals surface area contributed by atoms with E-state index in [9.17, 15) is 9.59 Å². The zero-order valence-corrected chi connectivity index (χ0v) is 18.2. The number of carbonyl (C=O) groups is 2. The van der Waals surface area contributed by atoms with Crippen LogP contribution in [-0.4, -0.2) is 75.7 Å². The van der Waals surface area contributed by atoms with Crippen molar-refractivity contribution < 1.29 is 23.8 Å². The highest BCUT2D eigenvalue weighted by Gasteiger charge is 2.22. The molecule has 1 aliphatic heterocycles. The molecule has 0 spiro atoms. The molecule has 2 aromatic rings. The third-order valence-corrected chi connectivity index (χ3v) is 5.30. The van der Waals surface area contributed by atoms with Crippen LogP contribution in [0, 0.1) is 0 Å². The lowest BCUT2D eigenvalue weighted by Gasteiger charge is -2.34. The lowest BCUT2D eigenvalue weighted by molar-refractivity contribution is -0.131. The monoisotopic (exact) mass is 427 g/mol. The van der Waals surface area contributed by atoms with Crippen LogP contribution in [0.25, 0.3) is 0 Å². The Kier molecular flexibility index (Phi) is 7.72. The number of hydrogen-bond acceptors (Lipinski definition) is 6. The summed E-state index contributed by atoms with van der Waals surface area (Å²) in [5.74, 6) is 0.696. The van der Waals surface area contributed by atoms with Gasteiger partial charge in [0.15, 0.2) is 11.5 Å². The maximum absolute atomic E-state index is 12.6. The molecule has 0 saturated carbocycles. The maximum atomic E-state index is 12.6. The number of nitrogens with one attached hydrogen (secondary N) is 1. The van der Waals surface area contributed by atoms with Gasteiger partial charge in [-0.25, -0.2) is 0 Å². The molecular formula is C23H29N3O5. The number of amides is 2. The minimum atomic E-state index is -0.379. The number of ether oxygens (including phenoxy) is 3. The Labute approximate surface area is 182 Å². The van der Waals surface area contributed by atoms with Crippen molar-refractivity contribution in [1.82, 2.24) is 15.1 Å². The van der Waals surface area contributed by atoms with Crippen LogP contribution in [0.15, 0.2) is 42.5 Å². The normalized spacial score (nSPS) is 14.1. The van der Waals surface area contributed by atoms with E-state index < -0.39 is 0 Å². The van der Waals surface area contributed by atoms with Gasteiger partial charge < -0.3 is 24.4 Å². The number of nitrogens with zero attached hydrogens (tertiary/aromatic N) is 2. The lowest BCUT2D eigenvalue weighted by Crippen LogP contribution is -2.50. The van der Waals surface area contributed by atoms with Crippen molar-refractivity contribution in [3.63, 3.8) is 0 Å². The quantitative estimate of drug-likeness (QED) is 0.692. The summed E-state index contributed by atoms with van der Waals surface area (Å²) < 4.78 is 15.8. The van der Waals surface area contributed by atoms with Gasteiger partial charge in [0.2, 0.25) is 11.7 Å². The van der Waals surface area contributed by atoms with E-state index in [1.54, 1.807) is 17.0 Å². The molecule has 1 N–H and O–H groups in total. The molecule has 8 nitrogen and oxygen atoms in total. The van der Waals surface area contributed by atoms with Gasteiger partial charge >= 0.3 is 0 Å². The Morgan fingerprint density at radius 3 is 2.06 bits per heavy atom. The summed E-state index contributed by atoms with van der Waals surface area (Å²) >= 11 is 0. The second-order valence-electron chi connectivity index (χ2n) is 7.24. The van der Waals surface area contributed by atoms with Crippen LogP contribution in [-0.2, 0) is 11.3 Å². The summed E-state index contributed by atoms with van der Waals surface area (Å²) in [6, 6.07) is 13.4. The van der Waals surface area contributed by atoms with Gasteiger partial charge in [-0.15, -0.1) is 0 Å². The van der Waals surface area contributed by atoms with Crippen molar-refractivity contribution in [3.8, 4) is 17.2 Å². The standard InChI is InChI=1S/C23H29N3O5/c1-29-19-13-18(14-20(30-2)22(19)31-3)23(28)24-15-21(27)26-11-9-25(10-12-26)16-17-7-5-4-6-8-17/h4-8,13-14H,9-12,15-16H2,1-3H3,(H,24,28). The van der Waals surface area contributed by atoms with Crippen LogP contribution in [0.3, 0.4) is 0 Å². The molecule has 0 radical (unpaired) electrons. The molecule has 3 rings (SSSR count). The first kappa shape index (κ1) is 22.4. The average Bonchev–Trinajstić information content (AvgIpc) is 2.82. The lowest BCUT2D eigenvalue weighted by atomic mass is 10.1. The summed E-state index contributed by atoms with van der Waals surface area (Å²) in [7, 11) is 4.47. The predicted molar refractivity (Wildman–Crippen MR) is 117 cm³/mol. The number of piperazine rings is 1. The zero-order chi connectivity index (χ0) is 22.2. The first-order chi connectivity index (χ1) is 15.0. The number of rotatable bonds is 8. The highest BCUT2D eigenvalue weighted by Crippen LogP contribution is 2.38. The molecule has 0 aliphatic carbocycles. The van der Waals surface area contributed by atoms with Crippen molar-refractivity contribution in [2.45, 2.75) is 6.54 Å². The second-order valence-corrected chi connectivity index (χ2v) is 7.24. The molecule has 1 heterocycles. The molecule has 2 aromatic carbocycles. The molecule has 2 amide bonds. The Bertz CT molecular complexity index is 870. The van der Waals surface area contributed by atoms with E-state index >= 15 is 0 Å². The van der Waals surface area contributed by atoms with Gasteiger partial charge in [0, 0.05) is 38.3 Å². The molecule has 0 bridgehead atoms. The molecule has 166 valence electrons. The van der Waals surface area contributed by atoms with E-state index in [0.29, 0.717) is 35.9 Å². The smallest absolute Gasteiger partial charge is 0.251 e. The van der Waals surface area contributed by atoms with E-state index in [1.807, 2.05) is 18.2 Å². The molecule has 0 unspecified atom stereocenters. The second kappa shape index (κ2) is 10.7. The van der Waals surface area contributed by atoms with Crippen molar-refractivity contribution in [2.24, 2.45) is 0 Å². The van der Waals surface area contributed by atoms with E-state index in [0.717, 1.165) is 19.6 Å². The summed E-state index contributed by atoms with van der Waals surface area (Å²) in [4.78, 5) is 29.3. The summed E-state index contributed by atoms with van der Waals surface area (Å²) in [6.07, 6.45) is 0. The van der Waals surface area contributed by atoms with Gasteiger partial charge in [-0.1, -0.05) is 30.3 Å². The van der Waals surface area contributed by atoms with Crippen LogP contribution in [0.2, 0.25) is 0 Å². The fourth-order valence-corrected chi connectivity index (χ4v) is 3.58. The van der Waals surface area contributed by atoms with Crippen LogP contribution in [0.5, 0.6) is 17.2 Å². The number of methoxy groups -OCH3 is 3. The molecule has 8 heteroatoms. The summed E-state index contributed by atoms with van der Waals surface area (Å²) in [5.41, 5.74) is 1.59. The van der Waals surface area contributed by atoms with Gasteiger partial charge in [-0.2, -0.15) is 0 Å². The van der Waals surface area contributed by atoms with Crippen molar-refractivity contribution >= 4 is 11.8 Å². The molecule has 31 heavy (non-hydrogen) atoms. The summed E-state index contributed by atoms with van der Waals surface area (Å²) in [5, 5.41) is 2.69. The van der Waals surface area contributed by atoms with Gasteiger partial charge in [0.05, 0.1) is 27.9 Å². The van der Waals surface area contributed by atoms with Gasteiger partial charge in [0.1, 0.15) is 0 Å². The Balaban J connectivity index is 1.51. The first-order valence-electron chi connectivity index (χ1n) is 10.2. The van der Waals surface area contributed by atoms with E-state index in [-0.39, 0.29) is 18.4 Å². The average molecular weight is 428 g/mol. The highest BCUT2D eigenvalue weighted by molar-refractivity contribution is 5.97. The number of hydrogen-bond donors (Lipinski definition) is 1. The van der Waals surface area contributed by atoms with Gasteiger partial charge in [-0.05, 0) is 17.7 Å². The number of carbonyl (C=O) groups excluding carboxylic acids is 2. The van der Waals surface area contributed by atoms with Crippen molar-refractivity contribution in [1.29, 1.82) is 0 Å². The third kappa shape index (κ3) is 5.67. The fraction of sp³-hybridized carbons (Fsp3) is 0.391. The van der Waals surface area contributed by atoms with Gasteiger partial charge in [0.25, 0.3) is 5.91 Å². The van der Waals surface area contributed by atoms with Gasteiger partial charge in [-0.3, -0.25) is 14.5 Å². The minimum Gasteiger partial charge on any atom is -0.493 e. The molecule has 0 atom stereocenters. The van der Waals surface area contributed by atoms with Crippen LogP contribution >= 0.6 is 0 Å². The topological polar surface area (TPSA) is 80.3 Å². The maximum Gasteiger partial charge on any atom is 0.251 e. The Hall–Kier alpha value is -3.26. The zero-order valence-electron chi connectivity index (χ0n) is 18.2. The van der Waals surface area contributed by atoms with Crippen LogP contribution < -0.4 is 19.5 Å². The van der Waals surface area contributed by atoms with E-state index in [2.05, 4.69) is 22.3 Å². The Morgan fingerprint density at radius 1 is 0.903 bits per heavy atom. The van der Waals surface area contributed by atoms with Crippen molar-refractivity contribution in [2.75, 3.05) is 54.1 Å². The molecular weight excluding hydrogens is 398 g/mol. The summed E-state index contributed by atoms with van der Waals surface area (Å²) in [6.45, 7) is 3.72. The predicted octanol–water partition coefficient (Wildman–Crippen LogP) is 1.79. The molecule has 0 aromatic heterocycles.